The minimum Gasteiger partial charge on any atom is -0.260 e. The standard InChI is InChI=1S/C21H22N4/c1-2-3-13-20-24-19-12-7-11-18-21(19,14-8-15-22-18)25(20)23-16-17-9-5-4-6-10-17/h4-12,14-16,20H,2-3,13H2,1H3. The number of allylic oxidation sites excluding steroid dienone is 3. The Labute approximate surface area is 148 Å². The van der Waals surface area contributed by atoms with Crippen LogP contribution in [-0.4, -0.2) is 34.9 Å². The number of dihydropyridines is 1. The van der Waals surface area contributed by atoms with Crippen molar-refractivity contribution in [2.24, 2.45) is 15.1 Å². The summed E-state index contributed by atoms with van der Waals surface area (Å²) in [7, 11) is 0. The number of hydrogen-bond acceptors (Lipinski definition) is 4. The predicted molar refractivity (Wildman–Crippen MR) is 104 cm³/mol. The first-order chi connectivity index (χ1) is 12.3. The lowest BCUT2D eigenvalue weighted by atomic mass is 9.84. The number of benzene rings is 1. The summed E-state index contributed by atoms with van der Waals surface area (Å²) in [6.45, 7) is 2.21. The number of unbranched alkanes of at least 4 members (excludes halogenated alkanes) is 1. The van der Waals surface area contributed by atoms with Crippen molar-refractivity contribution in [1.82, 2.24) is 5.01 Å². The van der Waals surface area contributed by atoms with Crippen molar-refractivity contribution in [2.75, 3.05) is 0 Å². The molecule has 2 heterocycles. The molecule has 2 atom stereocenters. The lowest BCUT2D eigenvalue weighted by Crippen LogP contribution is -2.51. The van der Waals surface area contributed by atoms with Crippen molar-refractivity contribution in [3.63, 3.8) is 0 Å². The van der Waals surface area contributed by atoms with Crippen molar-refractivity contribution >= 4 is 18.1 Å². The number of nitrogens with zero attached hydrogens (tertiary/aromatic N) is 4. The largest absolute Gasteiger partial charge is 0.260 e. The van der Waals surface area contributed by atoms with E-state index in [4.69, 9.17) is 10.1 Å². The fourth-order valence-electron chi connectivity index (χ4n) is 3.55. The molecule has 0 bridgehead atoms. The SMILES string of the molecule is CCCCC1N=C2C=CC=C3N=CC=CC32N1N=Cc1ccccc1. The Morgan fingerprint density at radius 2 is 2.12 bits per heavy atom. The Hall–Kier alpha value is -2.75. The second kappa shape index (κ2) is 6.63. The molecule has 0 amide bonds. The highest BCUT2D eigenvalue weighted by Crippen LogP contribution is 2.41. The molecule has 2 unspecified atom stereocenters. The molecule has 0 radical (unpaired) electrons. The van der Waals surface area contributed by atoms with Crippen molar-refractivity contribution in [2.45, 2.75) is 37.9 Å². The number of rotatable bonds is 5. The predicted octanol–water partition coefficient (Wildman–Crippen LogP) is 4.13. The second-order valence-electron chi connectivity index (χ2n) is 6.45. The van der Waals surface area contributed by atoms with Crippen LogP contribution in [0.15, 0.2) is 81.5 Å². The molecule has 1 aliphatic carbocycles. The van der Waals surface area contributed by atoms with E-state index in [1.54, 1.807) is 0 Å². The van der Waals surface area contributed by atoms with Crippen LogP contribution in [0.5, 0.6) is 0 Å². The van der Waals surface area contributed by atoms with Gasteiger partial charge in [0.2, 0.25) is 0 Å². The van der Waals surface area contributed by atoms with Gasteiger partial charge < -0.3 is 0 Å². The molecule has 4 heteroatoms. The van der Waals surface area contributed by atoms with Gasteiger partial charge in [-0.05, 0) is 42.7 Å². The summed E-state index contributed by atoms with van der Waals surface area (Å²) in [6.07, 6.45) is 17.4. The van der Waals surface area contributed by atoms with E-state index in [0.717, 1.165) is 36.2 Å². The molecular formula is C21H22N4. The van der Waals surface area contributed by atoms with Crippen molar-refractivity contribution in [3.8, 4) is 0 Å². The van der Waals surface area contributed by atoms with Crippen molar-refractivity contribution < 1.29 is 0 Å². The molecule has 3 aliphatic rings. The normalized spacial score (nSPS) is 26.6. The topological polar surface area (TPSA) is 40.3 Å². The summed E-state index contributed by atoms with van der Waals surface area (Å²) >= 11 is 0. The van der Waals surface area contributed by atoms with Gasteiger partial charge >= 0.3 is 0 Å². The van der Waals surface area contributed by atoms with Gasteiger partial charge in [0, 0.05) is 6.21 Å². The van der Waals surface area contributed by atoms with Gasteiger partial charge in [-0.25, -0.2) is 0 Å². The van der Waals surface area contributed by atoms with Crippen molar-refractivity contribution in [1.29, 1.82) is 0 Å². The minimum absolute atomic E-state index is 0.0408. The molecular weight excluding hydrogens is 308 g/mol. The average Bonchev–Trinajstić information content (AvgIpc) is 2.97. The summed E-state index contributed by atoms with van der Waals surface area (Å²) in [5.41, 5.74) is 2.64. The summed E-state index contributed by atoms with van der Waals surface area (Å²) in [4.78, 5) is 9.60. The lowest BCUT2D eigenvalue weighted by molar-refractivity contribution is 0.170. The van der Waals surface area contributed by atoms with Crippen LogP contribution in [0.1, 0.15) is 31.7 Å². The molecule has 0 fully saturated rings. The zero-order chi connectivity index (χ0) is 17.1. The summed E-state index contributed by atoms with van der Waals surface area (Å²) in [5.74, 6) is 0. The molecule has 0 N–H and O–H groups in total. The van der Waals surface area contributed by atoms with Crippen LogP contribution >= 0.6 is 0 Å². The van der Waals surface area contributed by atoms with E-state index >= 15 is 0 Å². The van der Waals surface area contributed by atoms with E-state index in [-0.39, 0.29) is 6.17 Å². The molecule has 0 saturated heterocycles. The Morgan fingerprint density at radius 1 is 1.24 bits per heavy atom. The lowest BCUT2D eigenvalue weighted by Gasteiger charge is -2.39. The molecule has 1 aromatic rings. The van der Waals surface area contributed by atoms with Crippen LogP contribution in [0.3, 0.4) is 0 Å². The highest BCUT2D eigenvalue weighted by Gasteiger charge is 2.51. The third-order valence-corrected chi connectivity index (χ3v) is 4.80. The number of aliphatic imine (C=N–C) groups is 2. The molecule has 126 valence electrons. The summed E-state index contributed by atoms with van der Waals surface area (Å²) in [6, 6.07) is 10.2. The molecule has 0 aromatic heterocycles. The Morgan fingerprint density at radius 3 is 2.96 bits per heavy atom. The van der Waals surface area contributed by atoms with Crippen LogP contribution in [-0.2, 0) is 0 Å². The first-order valence-electron chi connectivity index (χ1n) is 8.92. The maximum atomic E-state index is 4.99. The molecule has 4 rings (SSSR count). The van der Waals surface area contributed by atoms with E-state index in [1.807, 2.05) is 42.8 Å². The maximum absolute atomic E-state index is 4.99. The zero-order valence-electron chi connectivity index (χ0n) is 14.4. The third-order valence-electron chi connectivity index (χ3n) is 4.80. The number of hydrazone groups is 1. The number of hydrogen-bond donors (Lipinski definition) is 0. The Balaban J connectivity index is 1.73. The molecule has 25 heavy (non-hydrogen) atoms. The molecule has 1 aromatic carbocycles. The van der Waals surface area contributed by atoms with Gasteiger partial charge in [-0.2, -0.15) is 5.10 Å². The summed E-state index contributed by atoms with van der Waals surface area (Å²) < 4.78 is 0. The van der Waals surface area contributed by atoms with Gasteiger partial charge in [-0.15, -0.1) is 0 Å². The maximum Gasteiger partial charge on any atom is 0.162 e. The van der Waals surface area contributed by atoms with Gasteiger partial charge in [0.05, 0.1) is 17.6 Å². The third kappa shape index (κ3) is 2.68. The van der Waals surface area contributed by atoms with Crippen LogP contribution in [0, 0.1) is 0 Å². The van der Waals surface area contributed by atoms with Crippen LogP contribution in [0.2, 0.25) is 0 Å². The molecule has 1 spiro atoms. The fraction of sp³-hybridized carbons (Fsp3) is 0.286. The van der Waals surface area contributed by atoms with Gasteiger partial charge in [-0.1, -0.05) is 49.8 Å². The summed E-state index contributed by atoms with van der Waals surface area (Å²) in [5, 5.41) is 7.01. The minimum atomic E-state index is -0.465. The van der Waals surface area contributed by atoms with Crippen LogP contribution < -0.4 is 0 Å². The highest BCUT2D eigenvalue weighted by atomic mass is 15.6. The van der Waals surface area contributed by atoms with Crippen LogP contribution in [0.25, 0.3) is 0 Å². The van der Waals surface area contributed by atoms with E-state index in [9.17, 15) is 0 Å². The molecule has 4 nitrogen and oxygen atoms in total. The van der Waals surface area contributed by atoms with E-state index in [2.05, 4.69) is 47.3 Å². The molecule has 0 saturated carbocycles. The zero-order valence-corrected chi connectivity index (χ0v) is 14.4. The van der Waals surface area contributed by atoms with E-state index in [1.165, 1.54) is 0 Å². The second-order valence-corrected chi connectivity index (χ2v) is 6.45. The van der Waals surface area contributed by atoms with Crippen LogP contribution in [0.4, 0.5) is 0 Å². The fourth-order valence-corrected chi connectivity index (χ4v) is 3.55. The Bertz CT molecular complexity index is 814. The van der Waals surface area contributed by atoms with Gasteiger partial charge in [-0.3, -0.25) is 15.0 Å². The van der Waals surface area contributed by atoms with Gasteiger partial charge in [0.25, 0.3) is 0 Å². The van der Waals surface area contributed by atoms with Crippen molar-refractivity contribution in [3.05, 3.63) is 72.0 Å². The quantitative estimate of drug-likeness (QED) is 0.748. The van der Waals surface area contributed by atoms with E-state index < -0.39 is 5.54 Å². The van der Waals surface area contributed by atoms with Gasteiger partial charge in [0.1, 0.15) is 6.17 Å². The van der Waals surface area contributed by atoms with E-state index in [0.29, 0.717) is 0 Å². The first-order valence-corrected chi connectivity index (χ1v) is 8.92. The molecule has 2 aliphatic heterocycles. The monoisotopic (exact) mass is 330 g/mol. The Kier molecular flexibility index (Phi) is 4.18. The smallest absolute Gasteiger partial charge is 0.162 e. The highest BCUT2D eigenvalue weighted by molar-refractivity contribution is 6.10. The van der Waals surface area contributed by atoms with Gasteiger partial charge in [0.15, 0.2) is 5.54 Å². The average molecular weight is 330 g/mol. The first kappa shape index (κ1) is 15.8.